The van der Waals surface area contributed by atoms with Gasteiger partial charge in [0.15, 0.2) is 10.8 Å². The molecule has 20 heavy (non-hydrogen) atoms. The first-order chi connectivity index (χ1) is 8.98. The van der Waals surface area contributed by atoms with Crippen LogP contribution in [0.4, 0.5) is 0 Å². The highest BCUT2D eigenvalue weighted by Gasteiger charge is 2.75. The molecule has 0 aromatic rings. The maximum Gasteiger partial charge on any atom is 0.192 e. The quantitative estimate of drug-likeness (QED) is 0.673. The fourth-order valence-electron chi connectivity index (χ4n) is 4.29. The van der Waals surface area contributed by atoms with E-state index in [1.54, 1.807) is 5.01 Å². The minimum absolute atomic E-state index is 0.127. The number of hydrogen-bond donors (Lipinski definition) is 2. The first-order valence-electron chi connectivity index (χ1n) is 7.38. The molecule has 1 aliphatic heterocycles. The molecular formula is C15H25N3OS. The number of thiocarbonyl (C=S) groups is 1. The third kappa shape index (κ3) is 1.75. The molecule has 1 heterocycles. The van der Waals surface area contributed by atoms with Gasteiger partial charge >= 0.3 is 0 Å². The molecule has 2 fully saturated rings. The average molecular weight is 295 g/mol. The molecule has 2 aliphatic carbocycles. The maximum atomic E-state index is 11.1. The van der Waals surface area contributed by atoms with Crippen LogP contribution in [0.1, 0.15) is 48.0 Å². The van der Waals surface area contributed by atoms with Crippen molar-refractivity contribution < 1.29 is 5.11 Å². The van der Waals surface area contributed by atoms with E-state index in [-0.39, 0.29) is 11.5 Å². The van der Waals surface area contributed by atoms with Gasteiger partial charge in [0, 0.05) is 17.7 Å². The molecule has 3 aliphatic rings. The molecule has 0 aromatic carbocycles. The molecular weight excluding hydrogens is 270 g/mol. The van der Waals surface area contributed by atoms with Crippen LogP contribution in [0.2, 0.25) is 0 Å². The summed E-state index contributed by atoms with van der Waals surface area (Å²) < 4.78 is 0. The molecule has 0 bridgehead atoms. The van der Waals surface area contributed by atoms with Crippen LogP contribution in [-0.2, 0) is 0 Å². The van der Waals surface area contributed by atoms with Gasteiger partial charge in [0.05, 0.1) is 5.92 Å². The molecule has 5 heteroatoms. The Hall–Kier alpha value is -0.680. The summed E-state index contributed by atoms with van der Waals surface area (Å²) in [4.78, 5) is 0. The number of rotatable bonds is 0. The smallest absolute Gasteiger partial charge is 0.192 e. The maximum absolute atomic E-state index is 11.1. The molecule has 0 saturated heterocycles. The summed E-state index contributed by atoms with van der Waals surface area (Å²) in [5, 5.41) is 21.2. The van der Waals surface area contributed by atoms with Gasteiger partial charge in [-0.3, -0.25) is 0 Å². The Bertz CT molecular complexity index is 508. The van der Waals surface area contributed by atoms with Crippen LogP contribution in [0.15, 0.2) is 5.10 Å². The van der Waals surface area contributed by atoms with E-state index in [9.17, 15) is 5.11 Å². The number of nitrogens with zero attached hydrogens (tertiary/aromatic N) is 2. The SMILES string of the molecule is CC1=NN(C(=S)NC(C)(C)C)[C@@]2(O)C[C@@H]3[C@H]([C@@H]12)C3(C)C. The average Bonchev–Trinajstić information content (AvgIpc) is 2.56. The van der Waals surface area contributed by atoms with Gasteiger partial charge in [-0.2, -0.15) is 5.10 Å². The monoisotopic (exact) mass is 295 g/mol. The third-order valence-electron chi connectivity index (χ3n) is 5.27. The lowest BCUT2D eigenvalue weighted by Crippen LogP contribution is -2.56. The Morgan fingerprint density at radius 1 is 1.45 bits per heavy atom. The van der Waals surface area contributed by atoms with Gasteiger partial charge in [-0.05, 0) is 57.2 Å². The van der Waals surface area contributed by atoms with Gasteiger partial charge in [-0.25, -0.2) is 5.01 Å². The third-order valence-corrected chi connectivity index (χ3v) is 5.54. The highest BCUT2D eigenvalue weighted by Crippen LogP contribution is 2.73. The molecule has 0 radical (unpaired) electrons. The van der Waals surface area contributed by atoms with E-state index < -0.39 is 5.72 Å². The Morgan fingerprint density at radius 3 is 2.60 bits per heavy atom. The summed E-state index contributed by atoms with van der Waals surface area (Å²) in [6.07, 6.45) is 0.766. The van der Waals surface area contributed by atoms with Gasteiger partial charge < -0.3 is 10.4 Å². The number of hydrogen-bond acceptors (Lipinski definition) is 3. The number of hydrazone groups is 1. The van der Waals surface area contributed by atoms with Crippen molar-refractivity contribution in [3.63, 3.8) is 0 Å². The summed E-state index contributed by atoms with van der Waals surface area (Å²) in [5.74, 6) is 1.25. The first-order valence-corrected chi connectivity index (χ1v) is 7.79. The molecule has 4 nitrogen and oxygen atoms in total. The van der Waals surface area contributed by atoms with E-state index >= 15 is 0 Å². The summed E-state index contributed by atoms with van der Waals surface area (Å²) in [7, 11) is 0. The molecule has 3 rings (SSSR count). The molecule has 2 saturated carbocycles. The van der Waals surface area contributed by atoms with Crippen LogP contribution in [0.3, 0.4) is 0 Å². The number of aliphatic hydroxyl groups is 1. The van der Waals surface area contributed by atoms with Crippen molar-refractivity contribution in [1.29, 1.82) is 0 Å². The molecule has 0 unspecified atom stereocenters. The second-order valence-electron chi connectivity index (χ2n) is 8.25. The number of fused-ring (bicyclic) bond motifs is 3. The fourth-order valence-corrected chi connectivity index (χ4v) is 4.80. The lowest BCUT2D eigenvalue weighted by atomic mass is 9.84. The van der Waals surface area contributed by atoms with Crippen LogP contribution in [0, 0.1) is 23.2 Å². The van der Waals surface area contributed by atoms with E-state index in [2.05, 4.69) is 45.0 Å². The minimum Gasteiger partial charge on any atom is -0.368 e. The van der Waals surface area contributed by atoms with Crippen LogP contribution in [-0.4, -0.2) is 32.2 Å². The van der Waals surface area contributed by atoms with Gasteiger partial charge in [0.1, 0.15) is 0 Å². The zero-order chi connectivity index (χ0) is 15.1. The highest BCUT2D eigenvalue weighted by atomic mass is 32.1. The van der Waals surface area contributed by atoms with Gasteiger partial charge in [0.2, 0.25) is 0 Å². The van der Waals surface area contributed by atoms with Crippen molar-refractivity contribution in [2.45, 2.75) is 59.2 Å². The summed E-state index contributed by atoms with van der Waals surface area (Å²) in [6.45, 7) is 12.8. The Kier molecular flexibility index (Phi) is 2.67. The topological polar surface area (TPSA) is 47.9 Å². The van der Waals surface area contributed by atoms with Crippen molar-refractivity contribution in [1.82, 2.24) is 10.3 Å². The summed E-state index contributed by atoms with van der Waals surface area (Å²) in [6, 6.07) is 0. The lowest BCUT2D eigenvalue weighted by molar-refractivity contribution is -0.0864. The van der Waals surface area contributed by atoms with E-state index in [0.29, 0.717) is 22.4 Å². The Labute approximate surface area is 126 Å². The van der Waals surface area contributed by atoms with Crippen LogP contribution >= 0.6 is 12.2 Å². The van der Waals surface area contributed by atoms with Gasteiger partial charge in [-0.15, -0.1) is 0 Å². The van der Waals surface area contributed by atoms with Gasteiger partial charge in [-0.1, -0.05) is 13.8 Å². The molecule has 0 spiro atoms. The summed E-state index contributed by atoms with van der Waals surface area (Å²) >= 11 is 5.47. The molecule has 2 N–H and O–H groups in total. The fraction of sp³-hybridized carbons (Fsp3) is 0.867. The zero-order valence-corrected chi connectivity index (χ0v) is 14.0. The molecule has 0 amide bonds. The van der Waals surface area contributed by atoms with Crippen LogP contribution in [0.5, 0.6) is 0 Å². The zero-order valence-electron chi connectivity index (χ0n) is 13.2. The predicted octanol–water partition coefficient (Wildman–Crippen LogP) is 2.33. The Morgan fingerprint density at radius 2 is 2.05 bits per heavy atom. The molecule has 4 atom stereocenters. The van der Waals surface area contributed by atoms with Crippen molar-refractivity contribution >= 4 is 23.0 Å². The van der Waals surface area contributed by atoms with Crippen LogP contribution in [0.25, 0.3) is 0 Å². The normalized spacial score (nSPS) is 41.0. The van der Waals surface area contributed by atoms with E-state index in [1.807, 2.05) is 6.92 Å². The van der Waals surface area contributed by atoms with E-state index in [0.717, 1.165) is 12.1 Å². The first kappa shape index (κ1) is 14.3. The minimum atomic E-state index is -0.912. The molecule has 112 valence electrons. The van der Waals surface area contributed by atoms with Crippen molar-refractivity contribution in [3.8, 4) is 0 Å². The highest BCUT2D eigenvalue weighted by molar-refractivity contribution is 7.80. The van der Waals surface area contributed by atoms with Crippen LogP contribution < -0.4 is 5.32 Å². The predicted molar refractivity (Wildman–Crippen MR) is 84.3 cm³/mol. The number of nitrogens with one attached hydrogen (secondary N) is 1. The van der Waals surface area contributed by atoms with Crippen molar-refractivity contribution in [2.24, 2.45) is 28.3 Å². The standard InChI is InChI=1S/C15H25N3OS/c1-8-10-11-9(14(11,5)6)7-15(10,19)18(17-8)12(20)16-13(2,3)4/h9-11,19H,7H2,1-6H3,(H,16,20)/t9-,10-,11-,15-/m1/s1. The summed E-state index contributed by atoms with van der Waals surface area (Å²) in [5.41, 5.74) is 0.312. The van der Waals surface area contributed by atoms with E-state index in [4.69, 9.17) is 12.2 Å². The second-order valence-corrected chi connectivity index (χ2v) is 8.63. The van der Waals surface area contributed by atoms with Crippen molar-refractivity contribution in [3.05, 3.63) is 0 Å². The van der Waals surface area contributed by atoms with Gasteiger partial charge in [0.25, 0.3) is 0 Å². The largest absolute Gasteiger partial charge is 0.368 e. The Balaban J connectivity index is 1.85. The second kappa shape index (κ2) is 3.74. The molecule has 0 aromatic heterocycles. The lowest BCUT2D eigenvalue weighted by Gasteiger charge is -2.38. The van der Waals surface area contributed by atoms with E-state index in [1.165, 1.54) is 0 Å². The van der Waals surface area contributed by atoms with Crippen molar-refractivity contribution in [2.75, 3.05) is 0 Å².